The number of imidazole rings is 1. The van der Waals surface area contributed by atoms with Crippen molar-refractivity contribution >= 4 is 28.9 Å². The number of alkyl halides is 3. The van der Waals surface area contributed by atoms with Gasteiger partial charge in [0.15, 0.2) is 0 Å². The summed E-state index contributed by atoms with van der Waals surface area (Å²) in [6, 6.07) is 13.8. The number of aromatic nitrogens is 2. The molecule has 4 rings (SSSR count). The van der Waals surface area contributed by atoms with Crippen molar-refractivity contribution in [3.05, 3.63) is 53.6 Å². The Hall–Kier alpha value is -3.60. The molecule has 0 fully saturated rings. The third-order valence-corrected chi connectivity index (χ3v) is 4.98. The largest absolute Gasteiger partial charge is 0.494 e. The van der Waals surface area contributed by atoms with E-state index in [2.05, 4.69) is 21.7 Å². The second kappa shape index (κ2) is 9.27. The van der Waals surface area contributed by atoms with E-state index in [1.54, 1.807) is 7.11 Å². The highest BCUT2D eigenvalue weighted by Crippen LogP contribution is 2.29. The van der Waals surface area contributed by atoms with Gasteiger partial charge in [-0.05, 0) is 23.3 Å². The summed E-state index contributed by atoms with van der Waals surface area (Å²) < 4.78 is 39.0. The Morgan fingerprint density at radius 3 is 2.56 bits per heavy atom. The van der Waals surface area contributed by atoms with Crippen molar-refractivity contribution in [2.24, 2.45) is 7.05 Å². The maximum Gasteiger partial charge on any atom is 0.490 e. The summed E-state index contributed by atoms with van der Waals surface area (Å²) in [4.78, 5) is 26.3. The molecule has 0 spiro atoms. The quantitative estimate of drug-likeness (QED) is 0.567. The van der Waals surface area contributed by atoms with E-state index in [1.165, 1.54) is 5.56 Å². The number of carbonyl (C=O) groups excluding carboxylic acids is 1. The number of rotatable bonds is 3. The van der Waals surface area contributed by atoms with Crippen LogP contribution in [-0.4, -0.2) is 46.4 Å². The molecule has 2 aromatic carbocycles. The van der Waals surface area contributed by atoms with Gasteiger partial charge in [0.1, 0.15) is 11.3 Å². The van der Waals surface area contributed by atoms with Crippen molar-refractivity contribution < 1.29 is 32.6 Å². The van der Waals surface area contributed by atoms with Gasteiger partial charge in [0.05, 0.1) is 18.5 Å². The Kier molecular flexibility index (Phi) is 6.68. The zero-order valence-electron chi connectivity index (χ0n) is 17.2. The molecule has 8 nitrogen and oxygen atoms in total. The standard InChI is InChI=1S/C19H20N4O2.C2HF3O2/c1-23-15-8-5-9-16(25-2)17(15)21-19(23)22-18(24)14-11-20-10-12-6-3-4-7-13(12)14;3-2(4,5)1(6)7/h3-9,14,20H,10-11H2,1-2H3,(H,21,22,24);(H,6,7). The first-order chi connectivity index (χ1) is 15.1. The van der Waals surface area contributed by atoms with Gasteiger partial charge in [-0.2, -0.15) is 13.2 Å². The molecule has 1 atom stereocenters. The molecule has 0 radical (unpaired) electrons. The number of nitrogens with zero attached hydrogens (tertiary/aromatic N) is 2. The smallest absolute Gasteiger partial charge is 0.490 e. The molecule has 0 bridgehead atoms. The van der Waals surface area contributed by atoms with E-state index in [-0.39, 0.29) is 11.8 Å². The van der Waals surface area contributed by atoms with Crippen LogP contribution in [0.15, 0.2) is 42.5 Å². The van der Waals surface area contributed by atoms with Crippen LogP contribution in [0, 0.1) is 0 Å². The zero-order chi connectivity index (χ0) is 23.5. The number of carbonyl (C=O) groups is 2. The second-order valence-corrected chi connectivity index (χ2v) is 7.00. The van der Waals surface area contributed by atoms with Crippen LogP contribution in [0.5, 0.6) is 5.75 Å². The Labute approximate surface area is 181 Å². The van der Waals surface area contributed by atoms with E-state index in [0.717, 1.165) is 23.1 Å². The van der Waals surface area contributed by atoms with E-state index in [9.17, 15) is 18.0 Å². The van der Waals surface area contributed by atoms with E-state index < -0.39 is 12.1 Å². The SMILES string of the molecule is COc1cccc2c1nc(NC(=O)C1CNCc3ccccc31)n2C.O=C(O)C(F)(F)F. The van der Waals surface area contributed by atoms with Crippen molar-refractivity contribution in [3.63, 3.8) is 0 Å². The number of hydrogen-bond acceptors (Lipinski definition) is 5. The molecular weight excluding hydrogens is 429 g/mol. The summed E-state index contributed by atoms with van der Waals surface area (Å²) in [6.45, 7) is 1.42. The number of benzene rings is 2. The van der Waals surface area contributed by atoms with Gasteiger partial charge in [-0.15, -0.1) is 0 Å². The summed E-state index contributed by atoms with van der Waals surface area (Å²) in [5.74, 6) is -1.83. The molecule has 1 aliphatic heterocycles. The molecule has 1 amide bonds. The van der Waals surface area contributed by atoms with Crippen LogP contribution in [0.4, 0.5) is 19.1 Å². The number of hydrogen-bond donors (Lipinski definition) is 3. The third-order valence-electron chi connectivity index (χ3n) is 4.98. The lowest BCUT2D eigenvalue weighted by Crippen LogP contribution is -2.35. The minimum atomic E-state index is -5.08. The van der Waals surface area contributed by atoms with Gasteiger partial charge in [-0.1, -0.05) is 30.3 Å². The first kappa shape index (κ1) is 23.1. The summed E-state index contributed by atoms with van der Waals surface area (Å²) in [7, 11) is 3.50. The lowest BCUT2D eigenvalue weighted by atomic mass is 9.90. The van der Waals surface area contributed by atoms with Crippen LogP contribution < -0.4 is 15.4 Å². The van der Waals surface area contributed by atoms with E-state index in [0.29, 0.717) is 18.2 Å². The highest BCUT2D eigenvalue weighted by molar-refractivity contribution is 5.97. The molecule has 32 heavy (non-hydrogen) atoms. The van der Waals surface area contributed by atoms with Crippen molar-refractivity contribution in [2.45, 2.75) is 18.6 Å². The van der Waals surface area contributed by atoms with Gasteiger partial charge < -0.3 is 19.7 Å². The minimum Gasteiger partial charge on any atom is -0.494 e. The van der Waals surface area contributed by atoms with E-state index >= 15 is 0 Å². The lowest BCUT2D eigenvalue weighted by Gasteiger charge is -2.25. The van der Waals surface area contributed by atoms with Crippen LogP contribution >= 0.6 is 0 Å². The maximum absolute atomic E-state index is 12.9. The van der Waals surface area contributed by atoms with Gasteiger partial charge in [0.2, 0.25) is 11.9 Å². The van der Waals surface area contributed by atoms with Crippen LogP contribution in [0.1, 0.15) is 17.0 Å². The number of amides is 1. The molecule has 1 aliphatic rings. The van der Waals surface area contributed by atoms with E-state index in [4.69, 9.17) is 14.6 Å². The highest BCUT2D eigenvalue weighted by Gasteiger charge is 2.38. The topological polar surface area (TPSA) is 105 Å². The average Bonchev–Trinajstić information content (AvgIpc) is 3.08. The fraction of sp³-hybridized carbons (Fsp3) is 0.286. The molecule has 1 unspecified atom stereocenters. The van der Waals surface area contributed by atoms with Gasteiger partial charge in [0, 0.05) is 20.1 Å². The number of carboxylic acids is 1. The monoisotopic (exact) mass is 450 g/mol. The summed E-state index contributed by atoms with van der Waals surface area (Å²) in [5, 5.41) is 13.4. The Balaban J connectivity index is 0.000000360. The molecule has 2 heterocycles. The van der Waals surface area contributed by atoms with Gasteiger partial charge in [-0.25, -0.2) is 9.78 Å². The van der Waals surface area contributed by atoms with Crippen LogP contribution in [0.2, 0.25) is 0 Å². The molecule has 3 aromatic rings. The molecule has 1 aromatic heterocycles. The fourth-order valence-electron chi connectivity index (χ4n) is 3.39. The number of nitrogens with one attached hydrogen (secondary N) is 2. The summed E-state index contributed by atoms with van der Waals surface area (Å²) in [5.41, 5.74) is 3.90. The third kappa shape index (κ3) is 4.83. The average molecular weight is 450 g/mol. The van der Waals surface area contributed by atoms with Gasteiger partial charge in [0.25, 0.3) is 0 Å². The number of aryl methyl sites for hydroxylation is 1. The number of aliphatic carboxylic acids is 1. The molecule has 0 aliphatic carbocycles. The molecule has 3 N–H and O–H groups in total. The summed E-state index contributed by atoms with van der Waals surface area (Å²) >= 11 is 0. The number of para-hydroxylation sites is 1. The lowest BCUT2D eigenvalue weighted by molar-refractivity contribution is -0.192. The second-order valence-electron chi connectivity index (χ2n) is 7.00. The number of ether oxygens (including phenoxy) is 1. The number of fused-ring (bicyclic) bond motifs is 2. The first-order valence-electron chi connectivity index (χ1n) is 9.52. The first-order valence-corrected chi connectivity index (χ1v) is 9.52. The Morgan fingerprint density at radius 1 is 1.22 bits per heavy atom. The van der Waals surface area contributed by atoms with Crippen molar-refractivity contribution in [2.75, 3.05) is 19.0 Å². The highest BCUT2D eigenvalue weighted by atomic mass is 19.4. The molecule has 0 saturated heterocycles. The Morgan fingerprint density at radius 2 is 1.91 bits per heavy atom. The van der Waals surface area contributed by atoms with Crippen molar-refractivity contribution in [1.29, 1.82) is 0 Å². The number of carboxylic acid groups (broad SMARTS) is 1. The normalized spacial score (nSPS) is 15.3. The molecule has 0 saturated carbocycles. The summed E-state index contributed by atoms with van der Waals surface area (Å²) in [6.07, 6.45) is -5.08. The predicted molar refractivity (Wildman–Crippen MR) is 110 cm³/mol. The zero-order valence-corrected chi connectivity index (χ0v) is 17.2. The maximum atomic E-state index is 12.9. The molecule has 170 valence electrons. The van der Waals surface area contributed by atoms with Crippen molar-refractivity contribution in [1.82, 2.24) is 14.9 Å². The predicted octanol–water partition coefficient (Wildman–Crippen LogP) is 3.04. The van der Waals surface area contributed by atoms with Gasteiger partial charge >= 0.3 is 12.1 Å². The number of halogens is 3. The number of methoxy groups -OCH3 is 1. The van der Waals surface area contributed by atoms with E-state index in [1.807, 2.05) is 48.0 Å². The van der Waals surface area contributed by atoms with Crippen LogP contribution in [-0.2, 0) is 23.2 Å². The number of anilines is 1. The molecular formula is C21H21F3N4O4. The van der Waals surface area contributed by atoms with Gasteiger partial charge in [-0.3, -0.25) is 10.1 Å². The van der Waals surface area contributed by atoms with Crippen molar-refractivity contribution in [3.8, 4) is 5.75 Å². The van der Waals surface area contributed by atoms with Crippen LogP contribution in [0.3, 0.4) is 0 Å². The minimum absolute atomic E-state index is 0.0583. The van der Waals surface area contributed by atoms with Crippen LogP contribution in [0.25, 0.3) is 11.0 Å². The molecule has 11 heteroatoms. The fourth-order valence-corrected chi connectivity index (χ4v) is 3.39. The Bertz CT molecular complexity index is 1140.